The largest absolute Gasteiger partial charge is 1.00 e. The number of hydrogen-bond acceptors (Lipinski definition) is 1. The quantitative estimate of drug-likeness (QED) is 0.784. The summed E-state index contributed by atoms with van der Waals surface area (Å²) in [5.41, 5.74) is 1.80. The molecule has 2 aromatic carbocycles. The molecule has 2 rings (SSSR count). The van der Waals surface area contributed by atoms with Gasteiger partial charge in [-0.15, -0.1) is 0 Å². The van der Waals surface area contributed by atoms with Gasteiger partial charge < -0.3 is 6.53 Å². The summed E-state index contributed by atoms with van der Waals surface area (Å²) in [4.78, 5) is 0. The van der Waals surface area contributed by atoms with Gasteiger partial charge in [-0.1, -0.05) is 35.3 Å². The zero-order valence-corrected chi connectivity index (χ0v) is 13.4. The molecule has 0 saturated carbocycles. The second-order valence-corrected chi connectivity index (χ2v) is 4.01. The number of hydrogen-bond donors (Lipinski definition) is 1. The first-order chi connectivity index (χ1) is 7.16. The van der Waals surface area contributed by atoms with Crippen LogP contribution in [0.4, 0.5) is 0 Å². The summed E-state index contributed by atoms with van der Waals surface area (Å²) in [6, 6.07) is 12.1. The minimum atomic E-state index is 0. The molecule has 0 amide bonds. The van der Waals surface area contributed by atoms with Crippen LogP contribution in [-0.2, 0) is 0 Å². The molecule has 0 unspecified atom stereocenters. The summed E-state index contributed by atoms with van der Waals surface area (Å²) < 4.78 is 0. The fourth-order valence-electron chi connectivity index (χ4n) is 1.36. The molecule has 16 heavy (non-hydrogen) atoms. The Hall–Kier alpha value is 0.456. The van der Waals surface area contributed by atoms with E-state index in [1.165, 1.54) is 0 Å². The van der Waals surface area contributed by atoms with Crippen molar-refractivity contribution in [2.75, 3.05) is 0 Å². The van der Waals surface area contributed by atoms with Crippen molar-refractivity contribution in [1.29, 1.82) is 0 Å². The smallest absolute Gasteiger partial charge is 1.00 e. The zero-order valence-electron chi connectivity index (χ0n) is 9.74. The topological polar surface area (TPSA) is 20.2 Å². The number of aromatic hydroxyl groups is 1. The van der Waals surface area contributed by atoms with E-state index in [0.717, 1.165) is 11.1 Å². The van der Waals surface area contributed by atoms with E-state index in [9.17, 15) is 0 Å². The van der Waals surface area contributed by atoms with Gasteiger partial charge in [0.1, 0.15) is 5.75 Å². The minimum absolute atomic E-state index is 0. The SMILES string of the molecule is Oc1ccc(-c2cc(Cl)ccc2Cl)cc1.[H-].[K+]. The van der Waals surface area contributed by atoms with E-state index in [-0.39, 0.29) is 58.6 Å². The van der Waals surface area contributed by atoms with E-state index in [2.05, 4.69) is 0 Å². The van der Waals surface area contributed by atoms with Crippen molar-refractivity contribution in [3.63, 3.8) is 0 Å². The molecule has 0 fully saturated rings. The second-order valence-electron chi connectivity index (χ2n) is 3.17. The van der Waals surface area contributed by atoms with Crippen molar-refractivity contribution in [2.24, 2.45) is 0 Å². The average Bonchev–Trinajstić information content (AvgIpc) is 2.23. The molecule has 0 aliphatic heterocycles. The third-order valence-electron chi connectivity index (χ3n) is 2.11. The van der Waals surface area contributed by atoms with Crippen molar-refractivity contribution >= 4 is 23.2 Å². The molecule has 0 heterocycles. The first kappa shape index (κ1) is 14.5. The average molecular weight is 279 g/mol. The van der Waals surface area contributed by atoms with E-state index < -0.39 is 0 Å². The second kappa shape index (κ2) is 6.41. The maximum Gasteiger partial charge on any atom is 1.00 e. The van der Waals surface area contributed by atoms with Gasteiger partial charge in [0, 0.05) is 15.6 Å². The number of rotatable bonds is 1. The van der Waals surface area contributed by atoms with Crippen LogP contribution < -0.4 is 51.4 Å². The van der Waals surface area contributed by atoms with Crippen LogP contribution in [0.25, 0.3) is 11.1 Å². The normalized spacial score (nSPS) is 9.62. The summed E-state index contributed by atoms with van der Waals surface area (Å²) in [6.07, 6.45) is 0. The molecule has 0 atom stereocenters. The maximum atomic E-state index is 9.17. The first-order valence-electron chi connectivity index (χ1n) is 4.41. The molecular weight excluding hydrogens is 270 g/mol. The molecular formula is C12H9Cl2KO. The van der Waals surface area contributed by atoms with Crippen molar-refractivity contribution in [1.82, 2.24) is 0 Å². The van der Waals surface area contributed by atoms with Crippen LogP contribution in [0.2, 0.25) is 10.0 Å². The molecule has 0 bridgehead atoms. The molecule has 2 aromatic rings. The van der Waals surface area contributed by atoms with Gasteiger partial charge in [0.15, 0.2) is 0 Å². The van der Waals surface area contributed by atoms with Gasteiger partial charge in [-0.2, -0.15) is 0 Å². The van der Waals surface area contributed by atoms with Gasteiger partial charge in [0.05, 0.1) is 0 Å². The minimum Gasteiger partial charge on any atom is -1.00 e. The summed E-state index contributed by atoms with van der Waals surface area (Å²) in [6.45, 7) is 0. The van der Waals surface area contributed by atoms with Crippen LogP contribution in [0, 0.1) is 0 Å². The van der Waals surface area contributed by atoms with E-state index in [1.807, 2.05) is 0 Å². The fraction of sp³-hybridized carbons (Fsp3) is 0. The Balaban J connectivity index is 0.00000128. The van der Waals surface area contributed by atoms with Crippen LogP contribution in [0.15, 0.2) is 42.5 Å². The summed E-state index contributed by atoms with van der Waals surface area (Å²) in [7, 11) is 0. The monoisotopic (exact) mass is 278 g/mol. The standard InChI is InChI=1S/C12H8Cl2O.K.H/c13-9-3-6-12(14)11(7-9)8-1-4-10(15)5-2-8;;/h1-7,15H;;/q;+1;-1. The number of phenols is 1. The third-order valence-corrected chi connectivity index (χ3v) is 2.67. The predicted octanol–water partition coefficient (Wildman–Crippen LogP) is 1.48. The van der Waals surface area contributed by atoms with Crippen molar-refractivity contribution in [2.45, 2.75) is 0 Å². The van der Waals surface area contributed by atoms with Crippen molar-refractivity contribution in [3.05, 3.63) is 52.5 Å². The van der Waals surface area contributed by atoms with E-state index in [0.29, 0.717) is 10.0 Å². The Morgan fingerprint density at radius 3 is 2.19 bits per heavy atom. The Kier molecular flexibility index (Phi) is 5.81. The van der Waals surface area contributed by atoms with Crippen LogP contribution in [0.1, 0.15) is 1.43 Å². The zero-order chi connectivity index (χ0) is 10.8. The van der Waals surface area contributed by atoms with Crippen molar-refractivity contribution in [3.8, 4) is 16.9 Å². The van der Waals surface area contributed by atoms with Gasteiger partial charge in [-0.3, -0.25) is 0 Å². The molecule has 1 nitrogen and oxygen atoms in total. The Morgan fingerprint density at radius 2 is 1.56 bits per heavy atom. The number of phenolic OH excluding ortho intramolecular Hbond substituents is 1. The molecule has 78 valence electrons. The molecule has 1 N–H and O–H groups in total. The molecule has 0 saturated heterocycles. The predicted molar refractivity (Wildman–Crippen MR) is 64.7 cm³/mol. The van der Waals surface area contributed by atoms with Gasteiger partial charge in [0.25, 0.3) is 0 Å². The maximum absolute atomic E-state index is 9.17. The molecule has 0 aromatic heterocycles. The Labute approximate surface area is 148 Å². The van der Waals surface area contributed by atoms with E-state index in [4.69, 9.17) is 28.3 Å². The van der Waals surface area contributed by atoms with Crippen LogP contribution in [0.5, 0.6) is 5.75 Å². The number of halogens is 2. The van der Waals surface area contributed by atoms with Crippen LogP contribution in [-0.4, -0.2) is 5.11 Å². The summed E-state index contributed by atoms with van der Waals surface area (Å²) in [5, 5.41) is 10.5. The van der Waals surface area contributed by atoms with Gasteiger partial charge in [-0.25, -0.2) is 0 Å². The Bertz CT molecular complexity index is 488. The number of benzene rings is 2. The van der Waals surface area contributed by atoms with Gasteiger partial charge >= 0.3 is 51.4 Å². The molecule has 0 radical (unpaired) electrons. The van der Waals surface area contributed by atoms with E-state index >= 15 is 0 Å². The Morgan fingerprint density at radius 1 is 0.938 bits per heavy atom. The summed E-state index contributed by atoms with van der Waals surface area (Å²) >= 11 is 11.9. The van der Waals surface area contributed by atoms with E-state index in [1.54, 1.807) is 42.5 Å². The van der Waals surface area contributed by atoms with Gasteiger partial charge in [0.2, 0.25) is 0 Å². The van der Waals surface area contributed by atoms with Crippen LogP contribution in [0.3, 0.4) is 0 Å². The first-order valence-corrected chi connectivity index (χ1v) is 5.17. The molecule has 0 aliphatic carbocycles. The molecule has 0 spiro atoms. The fourth-order valence-corrected chi connectivity index (χ4v) is 1.76. The molecule has 0 aliphatic rings. The van der Waals surface area contributed by atoms with Crippen LogP contribution >= 0.6 is 23.2 Å². The van der Waals surface area contributed by atoms with Crippen molar-refractivity contribution < 1.29 is 57.9 Å². The third kappa shape index (κ3) is 3.47. The summed E-state index contributed by atoms with van der Waals surface area (Å²) in [5.74, 6) is 0.233. The molecule has 4 heteroatoms. The van der Waals surface area contributed by atoms with Gasteiger partial charge in [-0.05, 0) is 35.9 Å².